The van der Waals surface area contributed by atoms with Crippen molar-refractivity contribution in [3.05, 3.63) is 58.2 Å². The lowest BCUT2D eigenvalue weighted by Crippen LogP contribution is -2.45. The highest BCUT2D eigenvalue weighted by Gasteiger charge is 2.40. The molecular formula is C34H45NO10. The summed E-state index contributed by atoms with van der Waals surface area (Å²) < 4.78 is 0. The third-order valence-electron chi connectivity index (χ3n) is 9.38. The Labute approximate surface area is 262 Å². The van der Waals surface area contributed by atoms with Gasteiger partial charge in [-0.25, -0.2) is 4.99 Å². The summed E-state index contributed by atoms with van der Waals surface area (Å²) in [5.74, 6) is -8.33. The molecule has 2 aliphatic heterocycles. The molecule has 0 aromatic heterocycles. The van der Waals surface area contributed by atoms with Gasteiger partial charge in [-0.05, 0) is 12.5 Å². The van der Waals surface area contributed by atoms with E-state index in [1.165, 1.54) is 32.1 Å². The van der Waals surface area contributed by atoms with Crippen molar-refractivity contribution in [3.8, 4) is 11.5 Å². The van der Waals surface area contributed by atoms with Crippen LogP contribution in [-0.2, 0) is 14.4 Å². The van der Waals surface area contributed by atoms with Gasteiger partial charge in [0, 0.05) is 52.5 Å². The molecule has 45 heavy (non-hydrogen) atoms. The lowest BCUT2D eigenvalue weighted by atomic mass is 9.76. The number of carbonyl (C=O) groups is 3. The van der Waals surface area contributed by atoms with E-state index in [1.54, 1.807) is 40.7 Å². The van der Waals surface area contributed by atoms with Crippen LogP contribution in [0.4, 0.5) is 0 Å². The van der Waals surface area contributed by atoms with Crippen LogP contribution >= 0.6 is 0 Å². The van der Waals surface area contributed by atoms with Gasteiger partial charge in [0.15, 0.2) is 11.6 Å². The third-order valence-corrected chi connectivity index (χ3v) is 9.38. The normalized spacial score (nSPS) is 38.3. The number of benzene rings is 1. The molecule has 4 rings (SSSR count). The maximum absolute atomic E-state index is 13.7. The van der Waals surface area contributed by atoms with Crippen molar-refractivity contribution in [2.45, 2.75) is 79.0 Å². The zero-order valence-corrected chi connectivity index (χ0v) is 26.6. The Morgan fingerprint density at radius 3 is 1.84 bits per heavy atom. The standard InChI is InChI=1S/C34H45NO10/c1-14-10-8-9-11-23(37)35-21-13-22(36)24-25(32(43)20(7)33(44)26(24)34(21)45)29(40)16(3)12-15(2)28(39)18(5)31(42)19(6)30(41)17(4)27(14)38/h8-15,17-20,27-28,30-31,33,36,38-39,41-42,44-45H,1-7H3/b10-8+,11-9-,16-12+,35-21?/t14-,15-,17+,18+,19+,20?,27-,28-,30+,31+,33?/m0/s1. The smallest absolute Gasteiger partial charge is 0.270 e. The van der Waals surface area contributed by atoms with E-state index >= 15 is 0 Å². The van der Waals surface area contributed by atoms with Crippen molar-refractivity contribution in [3.63, 3.8) is 0 Å². The topological polar surface area (TPSA) is 205 Å². The molecule has 0 saturated carbocycles. The van der Waals surface area contributed by atoms with Crippen molar-refractivity contribution in [1.29, 1.82) is 0 Å². The van der Waals surface area contributed by atoms with Crippen LogP contribution in [-0.4, -0.2) is 77.6 Å². The summed E-state index contributed by atoms with van der Waals surface area (Å²) >= 11 is 0. The Morgan fingerprint density at radius 2 is 1.27 bits per heavy atom. The van der Waals surface area contributed by atoms with E-state index in [0.717, 1.165) is 12.1 Å². The number of hydrogen-bond donors (Lipinski definition) is 7. The summed E-state index contributed by atoms with van der Waals surface area (Å²) in [7, 11) is 0. The van der Waals surface area contributed by atoms with E-state index in [1.807, 2.05) is 0 Å². The highest BCUT2D eigenvalue weighted by Crippen LogP contribution is 2.34. The number of aromatic hydroxyl groups is 2. The van der Waals surface area contributed by atoms with E-state index in [4.69, 9.17) is 0 Å². The number of amides is 1. The van der Waals surface area contributed by atoms with Crippen molar-refractivity contribution in [2.24, 2.45) is 40.5 Å². The van der Waals surface area contributed by atoms with E-state index in [2.05, 4.69) is 4.99 Å². The zero-order chi connectivity index (χ0) is 34.1. The summed E-state index contributed by atoms with van der Waals surface area (Å²) in [5, 5.41) is 76.3. The number of ketones is 2. The Balaban J connectivity index is 2.27. The minimum absolute atomic E-state index is 0.0267. The van der Waals surface area contributed by atoms with Gasteiger partial charge in [-0.1, -0.05) is 65.8 Å². The van der Waals surface area contributed by atoms with Crippen LogP contribution in [0, 0.1) is 35.5 Å². The first-order valence-corrected chi connectivity index (χ1v) is 15.2. The van der Waals surface area contributed by atoms with Crippen LogP contribution in [0.25, 0.3) is 5.57 Å². The summed E-state index contributed by atoms with van der Waals surface area (Å²) in [5.41, 5.74) is -0.765. The van der Waals surface area contributed by atoms with Gasteiger partial charge in [0.05, 0.1) is 42.0 Å². The van der Waals surface area contributed by atoms with E-state index in [9.17, 15) is 50.1 Å². The van der Waals surface area contributed by atoms with Crippen molar-refractivity contribution in [1.82, 2.24) is 0 Å². The van der Waals surface area contributed by atoms with Crippen molar-refractivity contribution < 1.29 is 50.1 Å². The number of nitrogens with zero attached hydrogens (tertiary/aromatic N) is 1. The Kier molecular flexibility index (Phi) is 11.4. The number of phenolic OH excluding ortho intramolecular Hbond substituents is 2. The van der Waals surface area contributed by atoms with Crippen LogP contribution in [0.3, 0.4) is 0 Å². The van der Waals surface area contributed by atoms with Gasteiger partial charge >= 0.3 is 0 Å². The van der Waals surface area contributed by atoms with Crippen LogP contribution in [0.2, 0.25) is 0 Å². The molecule has 4 bridgehead atoms. The monoisotopic (exact) mass is 627 g/mol. The molecule has 1 amide bonds. The molecular weight excluding hydrogens is 582 g/mol. The average Bonchev–Trinajstić information content (AvgIpc) is 3.00. The highest BCUT2D eigenvalue weighted by atomic mass is 16.3. The predicted molar refractivity (Wildman–Crippen MR) is 165 cm³/mol. The van der Waals surface area contributed by atoms with Crippen LogP contribution in [0.5, 0.6) is 11.5 Å². The van der Waals surface area contributed by atoms with Gasteiger partial charge in [0.1, 0.15) is 16.9 Å². The fourth-order valence-electron chi connectivity index (χ4n) is 6.20. The molecule has 3 aliphatic rings. The molecule has 2 heterocycles. The molecule has 0 fully saturated rings. The number of hydrogen-bond acceptors (Lipinski definition) is 10. The summed E-state index contributed by atoms with van der Waals surface area (Å²) in [6, 6.07) is 0.926. The Bertz CT molecular complexity index is 1540. The van der Waals surface area contributed by atoms with Gasteiger partial charge in [-0.2, -0.15) is 0 Å². The lowest BCUT2D eigenvalue weighted by molar-refractivity contribution is -0.122. The number of carbonyl (C=O) groups excluding carboxylic acids is 3. The Hall–Kier alpha value is -3.48. The number of aliphatic hydroxyl groups is 5. The predicted octanol–water partition coefficient (Wildman–Crippen LogP) is 0.912. The zero-order valence-electron chi connectivity index (χ0n) is 26.6. The SMILES string of the molecule is C/C1=C\[C@H](C)[C@H](O)[C@@H](C)[C@@H](O)[C@H](C)[C@H](O)[C@H](C)[C@@H](O)[C@@H](C)/C=C/C=C\C(=O)N=c2cc(O)c3c(c2O)C(O)C(C)C(=O)C=3C1=O. The molecule has 246 valence electrons. The minimum atomic E-state index is -1.62. The van der Waals surface area contributed by atoms with E-state index in [0.29, 0.717) is 0 Å². The molecule has 11 atom stereocenters. The number of rotatable bonds is 0. The molecule has 2 unspecified atom stereocenters. The molecule has 1 aromatic carbocycles. The van der Waals surface area contributed by atoms with Crippen LogP contribution < -0.4 is 10.6 Å². The number of phenols is 2. The van der Waals surface area contributed by atoms with E-state index < -0.39 is 101 Å². The number of Topliss-reactive ketones (excluding diaryl/α,β-unsaturated/α-hetero) is 2. The molecule has 0 radical (unpaired) electrons. The van der Waals surface area contributed by atoms with Gasteiger partial charge in [-0.3, -0.25) is 14.4 Å². The molecule has 1 aliphatic carbocycles. The van der Waals surface area contributed by atoms with Crippen LogP contribution in [0.1, 0.15) is 60.1 Å². The van der Waals surface area contributed by atoms with Gasteiger partial charge in [0.25, 0.3) is 5.91 Å². The van der Waals surface area contributed by atoms with Crippen molar-refractivity contribution >= 4 is 23.0 Å². The van der Waals surface area contributed by atoms with Crippen molar-refractivity contribution in [2.75, 3.05) is 0 Å². The molecule has 7 N–H and O–H groups in total. The highest BCUT2D eigenvalue weighted by molar-refractivity contribution is 6.46. The molecule has 0 saturated heterocycles. The largest absolute Gasteiger partial charge is 0.507 e. The third kappa shape index (κ3) is 7.18. The molecule has 11 nitrogen and oxygen atoms in total. The second-order valence-corrected chi connectivity index (χ2v) is 12.7. The lowest BCUT2D eigenvalue weighted by Gasteiger charge is -2.36. The quantitative estimate of drug-likeness (QED) is 0.203. The minimum Gasteiger partial charge on any atom is -0.507 e. The number of fused-ring (bicyclic) bond motifs is 15. The van der Waals surface area contributed by atoms with Gasteiger partial charge in [-0.15, -0.1) is 0 Å². The fourth-order valence-corrected chi connectivity index (χ4v) is 6.20. The second-order valence-electron chi connectivity index (χ2n) is 12.7. The summed E-state index contributed by atoms with van der Waals surface area (Å²) in [6.07, 6.45) is 0.798. The fraction of sp³-hybridized carbons (Fsp3) is 0.529. The maximum atomic E-state index is 13.7. The molecule has 1 aromatic rings. The first-order valence-electron chi connectivity index (χ1n) is 15.2. The second kappa shape index (κ2) is 14.3. The van der Waals surface area contributed by atoms with Gasteiger partial charge in [0.2, 0.25) is 0 Å². The number of allylic oxidation sites excluding steroid dienone is 3. The summed E-state index contributed by atoms with van der Waals surface area (Å²) in [6.45, 7) is 11.0. The average molecular weight is 628 g/mol. The first kappa shape index (κ1) is 36.0. The molecule has 0 spiro atoms. The first-order chi connectivity index (χ1) is 20.9. The van der Waals surface area contributed by atoms with Gasteiger partial charge < -0.3 is 35.7 Å². The van der Waals surface area contributed by atoms with E-state index in [-0.39, 0.29) is 21.7 Å². The maximum Gasteiger partial charge on any atom is 0.270 e. The number of aliphatic hydroxyl groups excluding tert-OH is 5. The molecule has 11 heteroatoms. The Morgan fingerprint density at radius 1 is 0.733 bits per heavy atom. The summed E-state index contributed by atoms with van der Waals surface area (Å²) in [4.78, 5) is 43.4. The van der Waals surface area contributed by atoms with Crippen LogP contribution in [0.15, 0.2) is 47.0 Å².